The maximum absolute atomic E-state index is 14.0. The molecule has 1 N–H and O–H groups in total. The Kier molecular flexibility index (Phi) is 5.82. The molecule has 2 aromatic rings. The minimum atomic E-state index is -0.522. The summed E-state index contributed by atoms with van der Waals surface area (Å²) in [6.45, 7) is 4.69. The van der Waals surface area contributed by atoms with E-state index in [9.17, 15) is 9.18 Å². The summed E-state index contributed by atoms with van der Waals surface area (Å²) in [6.07, 6.45) is 2.42. The third-order valence-electron chi connectivity index (χ3n) is 4.92. The molecule has 0 aromatic heterocycles. The number of carbonyl (C=O) groups excluding carboxylic acids is 1. The lowest BCUT2D eigenvalue weighted by Gasteiger charge is -2.26. The maximum atomic E-state index is 14.0. The summed E-state index contributed by atoms with van der Waals surface area (Å²) in [5.41, 5.74) is 1.52. The summed E-state index contributed by atoms with van der Waals surface area (Å²) >= 11 is 0. The van der Waals surface area contributed by atoms with Crippen LogP contribution < -0.4 is 5.32 Å². The predicted octanol–water partition coefficient (Wildman–Crippen LogP) is 3.88. The van der Waals surface area contributed by atoms with E-state index in [4.69, 9.17) is 0 Å². The van der Waals surface area contributed by atoms with Gasteiger partial charge < -0.3 is 10.2 Å². The van der Waals surface area contributed by atoms with Gasteiger partial charge in [0.15, 0.2) is 0 Å². The molecule has 2 aromatic carbocycles. The van der Waals surface area contributed by atoms with Crippen LogP contribution in [0.5, 0.6) is 0 Å². The molecule has 25 heavy (non-hydrogen) atoms. The molecule has 2 atom stereocenters. The lowest BCUT2D eigenvalue weighted by atomic mass is 9.98. The van der Waals surface area contributed by atoms with Gasteiger partial charge in [0, 0.05) is 6.54 Å². The Morgan fingerprint density at radius 2 is 1.72 bits per heavy atom. The molecule has 0 aliphatic carbocycles. The third-order valence-corrected chi connectivity index (χ3v) is 4.92. The fraction of sp³-hybridized carbons (Fsp3) is 0.381. The normalized spacial score (nSPS) is 17.2. The van der Waals surface area contributed by atoms with Crippen molar-refractivity contribution < 1.29 is 9.18 Å². The summed E-state index contributed by atoms with van der Waals surface area (Å²) in [5.74, 6) is -0.995. The van der Waals surface area contributed by atoms with Crippen LogP contribution in [-0.4, -0.2) is 30.4 Å². The topological polar surface area (TPSA) is 32.3 Å². The van der Waals surface area contributed by atoms with E-state index in [-0.39, 0.29) is 17.8 Å². The van der Waals surface area contributed by atoms with E-state index in [0.717, 1.165) is 25.2 Å². The van der Waals surface area contributed by atoms with Gasteiger partial charge in [0.2, 0.25) is 5.91 Å². The molecule has 1 heterocycles. The number of rotatable bonds is 6. The molecule has 4 heteroatoms. The smallest absolute Gasteiger partial charge is 0.227 e. The van der Waals surface area contributed by atoms with Crippen LogP contribution in [-0.2, 0) is 4.79 Å². The molecular formula is C21H25FN2O. The summed E-state index contributed by atoms with van der Waals surface area (Å²) in [5, 5.41) is 3.14. The molecule has 1 aliphatic rings. The van der Waals surface area contributed by atoms with Crippen LogP contribution >= 0.6 is 0 Å². The fourth-order valence-corrected chi connectivity index (χ4v) is 3.41. The second-order valence-electron chi connectivity index (χ2n) is 6.72. The standard InChI is InChI=1S/C21H25FN2O/c1-16(18-11-5-6-12-19(18)22)21(25)23-20(15-24-13-7-8-14-24)17-9-3-2-4-10-17/h2-6,9-12,16,20H,7-8,13-15H2,1H3,(H,23,25). The molecule has 1 fully saturated rings. The summed E-state index contributed by atoms with van der Waals surface area (Å²) in [4.78, 5) is 15.1. The van der Waals surface area contributed by atoms with E-state index < -0.39 is 5.92 Å². The first-order valence-electron chi connectivity index (χ1n) is 8.97. The first kappa shape index (κ1) is 17.6. The lowest BCUT2D eigenvalue weighted by Crippen LogP contribution is -2.38. The van der Waals surface area contributed by atoms with Crippen molar-refractivity contribution in [1.82, 2.24) is 10.2 Å². The van der Waals surface area contributed by atoms with Gasteiger partial charge in [-0.3, -0.25) is 4.79 Å². The van der Waals surface area contributed by atoms with Gasteiger partial charge in [-0.1, -0.05) is 48.5 Å². The van der Waals surface area contributed by atoms with Gasteiger partial charge in [0.1, 0.15) is 5.82 Å². The molecule has 1 saturated heterocycles. The number of carbonyl (C=O) groups is 1. The van der Waals surface area contributed by atoms with Gasteiger partial charge in [-0.2, -0.15) is 0 Å². The summed E-state index contributed by atoms with van der Waals surface area (Å²) < 4.78 is 14.0. The molecule has 3 nitrogen and oxygen atoms in total. The number of likely N-dealkylation sites (tertiary alicyclic amines) is 1. The van der Waals surface area contributed by atoms with Crippen LogP contribution in [0.15, 0.2) is 54.6 Å². The first-order valence-corrected chi connectivity index (χ1v) is 8.97. The second kappa shape index (κ2) is 8.26. The van der Waals surface area contributed by atoms with Gasteiger partial charge in [0.25, 0.3) is 0 Å². The van der Waals surface area contributed by atoms with Crippen molar-refractivity contribution in [3.63, 3.8) is 0 Å². The fourth-order valence-electron chi connectivity index (χ4n) is 3.41. The number of nitrogens with one attached hydrogen (secondary N) is 1. The molecular weight excluding hydrogens is 315 g/mol. The Bertz CT molecular complexity index is 698. The summed E-state index contributed by atoms with van der Waals surface area (Å²) in [6, 6.07) is 16.4. The Balaban J connectivity index is 1.74. The molecule has 2 unspecified atom stereocenters. The van der Waals surface area contributed by atoms with Crippen molar-refractivity contribution in [3.05, 3.63) is 71.5 Å². The van der Waals surface area contributed by atoms with Gasteiger partial charge in [-0.15, -0.1) is 0 Å². The van der Waals surface area contributed by atoms with Gasteiger partial charge in [-0.05, 0) is 50.0 Å². The minimum absolute atomic E-state index is 0.0824. The van der Waals surface area contributed by atoms with Crippen LogP contribution in [0.1, 0.15) is 42.9 Å². The highest BCUT2D eigenvalue weighted by Gasteiger charge is 2.24. The molecule has 132 valence electrons. The zero-order valence-electron chi connectivity index (χ0n) is 14.6. The number of halogens is 1. The number of amides is 1. The van der Waals surface area contributed by atoms with Crippen LogP contribution in [0.3, 0.4) is 0 Å². The van der Waals surface area contributed by atoms with E-state index >= 15 is 0 Å². The van der Waals surface area contributed by atoms with Crippen molar-refractivity contribution in [2.75, 3.05) is 19.6 Å². The van der Waals surface area contributed by atoms with Crippen molar-refractivity contribution in [3.8, 4) is 0 Å². The highest BCUT2D eigenvalue weighted by Crippen LogP contribution is 2.22. The Morgan fingerprint density at radius 3 is 2.40 bits per heavy atom. The SMILES string of the molecule is CC(C(=O)NC(CN1CCCC1)c1ccccc1)c1ccccc1F. The molecule has 0 spiro atoms. The lowest BCUT2D eigenvalue weighted by molar-refractivity contribution is -0.123. The number of nitrogens with zero attached hydrogens (tertiary/aromatic N) is 1. The Morgan fingerprint density at radius 1 is 1.08 bits per heavy atom. The van der Waals surface area contributed by atoms with Crippen LogP contribution in [0.25, 0.3) is 0 Å². The van der Waals surface area contributed by atoms with E-state index in [1.54, 1.807) is 25.1 Å². The zero-order valence-corrected chi connectivity index (χ0v) is 14.6. The van der Waals surface area contributed by atoms with Gasteiger partial charge in [0.05, 0.1) is 12.0 Å². The minimum Gasteiger partial charge on any atom is -0.347 e. The number of benzene rings is 2. The predicted molar refractivity (Wildman–Crippen MR) is 97.8 cm³/mol. The van der Waals surface area contributed by atoms with Gasteiger partial charge in [-0.25, -0.2) is 4.39 Å². The van der Waals surface area contributed by atoms with Crippen molar-refractivity contribution >= 4 is 5.91 Å². The Labute approximate surface area is 148 Å². The van der Waals surface area contributed by atoms with Crippen molar-refractivity contribution in [2.45, 2.75) is 31.7 Å². The molecule has 0 bridgehead atoms. The van der Waals surface area contributed by atoms with Crippen LogP contribution in [0, 0.1) is 5.82 Å². The highest BCUT2D eigenvalue weighted by molar-refractivity contribution is 5.83. The average Bonchev–Trinajstić information content (AvgIpc) is 3.15. The first-order chi connectivity index (χ1) is 12.1. The average molecular weight is 340 g/mol. The van der Waals surface area contributed by atoms with Crippen LogP contribution in [0.4, 0.5) is 4.39 Å². The molecule has 1 aliphatic heterocycles. The number of hydrogen-bond donors (Lipinski definition) is 1. The second-order valence-corrected chi connectivity index (χ2v) is 6.72. The quantitative estimate of drug-likeness (QED) is 0.865. The van der Waals surface area contributed by atoms with E-state index in [0.29, 0.717) is 5.56 Å². The summed E-state index contributed by atoms with van der Waals surface area (Å²) in [7, 11) is 0. The third kappa shape index (κ3) is 4.45. The van der Waals surface area contributed by atoms with Crippen LogP contribution in [0.2, 0.25) is 0 Å². The Hall–Kier alpha value is -2.20. The van der Waals surface area contributed by atoms with Gasteiger partial charge >= 0.3 is 0 Å². The molecule has 1 amide bonds. The molecule has 0 radical (unpaired) electrons. The highest BCUT2D eigenvalue weighted by atomic mass is 19.1. The molecule has 0 saturated carbocycles. The van der Waals surface area contributed by atoms with Crippen molar-refractivity contribution in [2.24, 2.45) is 0 Å². The van der Waals surface area contributed by atoms with E-state index in [1.807, 2.05) is 30.3 Å². The number of hydrogen-bond acceptors (Lipinski definition) is 2. The van der Waals surface area contributed by atoms with Crippen molar-refractivity contribution in [1.29, 1.82) is 0 Å². The molecule has 3 rings (SSSR count). The largest absolute Gasteiger partial charge is 0.347 e. The zero-order chi connectivity index (χ0) is 17.6. The van der Waals surface area contributed by atoms with E-state index in [2.05, 4.69) is 10.2 Å². The van der Waals surface area contributed by atoms with E-state index in [1.165, 1.54) is 18.9 Å². The maximum Gasteiger partial charge on any atom is 0.227 e. The monoisotopic (exact) mass is 340 g/mol.